The molecule has 1 saturated carbocycles. The Morgan fingerprint density at radius 2 is 2.11 bits per heavy atom. The number of rotatable bonds is 3. The predicted molar refractivity (Wildman–Crippen MR) is 74.1 cm³/mol. The lowest BCUT2D eigenvalue weighted by Crippen LogP contribution is -2.52. The molecule has 1 fully saturated rings. The maximum atomic E-state index is 12.2. The van der Waals surface area contributed by atoms with Crippen molar-refractivity contribution in [1.82, 2.24) is 5.32 Å². The van der Waals surface area contributed by atoms with Crippen molar-refractivity contribution in [2.75, 3.05) is 12.4 Å². The average Bonchev–Trinajstić information content (AvgIpc) is 2.52. The van der Waals surface area contributed by atoms with E-state index >= 15 is 0 Å². The minimum atomic E-state index is -0.0878. The Morgan fingerprint density at radius 3 is 2.89 bits per heavy atom. The fourth-order valence-electron chi connectivity index (χ4n) is 2.85. The quantitative estimate of drug-likeness (QED) is 0.870. The zero-order valence-corrected chi connectivity index (χ0v) is 11.2. The lowest BCUT2D eigenvalue weighted by molar-refractivity contribution is -0.118. The highest BCUT2D eigenvalue weighted by atomic mass is 16.5. The highest BCUT2D eigenvalue weighted by Crippen LogP contribution is 2.26. The number of fused-ring (bicyclic) bond motifs is 1. The van der Waals surface area contributed by atoms with Crippen molar-refractivity contribution < 1.29 is 9.53 Å². The molecule has 1 amide bonds. The van der Waals surface area contributed by atoms with Crippen LogP contribution in [0.3, 0.4) is 0 Å². The van der Waals surface area contributed by atoms with Gasteiger partial charge in [-0.05, 0) is 37.3 Å². The number of hydrogen-bond acceptors (Lipinski definition) is 3. The van der Waals surface area contributed by atoms with Crippen LogP contribution in [-0.2, 0) is 16.0 Å². The zero-order valence-electron chi connectivity index (χ0n) is 11.2. The number of para-hydroxylation sites is 1. The molecule has 2 N–H and O–H groups in total. The molecule has 0 radical (unpaired) electrons. The van der Waals surface area contributed by atoms with Gasteiger partial charge in [-0.25, -0.2) is 0 Å². The van der Waals surface area contributed by atoms with Gasteiger partial charge >= 0.3 is 0 Å². The van der Waals surface area contributed by atoms with Gasteiger partial charge in [0.15, 0.2) is 0 Å². The minimum Gasteiger partial charge on any atom is -0.381 e. The molecule has 2 aliphatic rings. The fraction of sp³-hybridized carbons (Fsp3) is 0.533. The first-order chi connectivity index (χ1) is 9.26. The van der Waals surface area contributed by atoms with Crippen LogP contribution in [0.1, 0.15) is 24.8 Å². The smallest absolute Gasteiger partial charge is 0.241 e. The third-order valence-electron chi connectivity index (χ3n) is 4.16. The SMILES string of the molecule is COC1CC(NC2CCc3ccccc3NC2=O)C1. The predicted octanol–water partition coefficient (Wildman–Crippen LogP) is 1.71. The number of hydrogen-bond donors (Lipinski definition) is 2. The number of carbonyl (C=O) groups excluding carboxylic acids is 1. The van der Waals surface area contributed by atoms with Crippen LogP contribution in [0.25, 0.3) is 0 Å². The first kappa shape index (κ1) is 12.6. The number of methoxy groups -OCH3 is 1. The summed E-state index contributed by atoms with van der Waals surface area (Å²) >= 11 is 0. The summed E-state index contributed by atoms with van der Waals surface area (Å²) in [6, 6.07) is 8.37. The monoisotopic (exact) mass is 260 g/mol. The Balaban J connectivity index is 1.62. The lowest BCUT2D eigenvalue weighted by atomic mass is 9.88. The summed E-state index contributed by atoms with van der Waals surface area (Å²) in [6.07, 6.45) is 4.17. The van der Waals surface area contributed by atoms with E-state index in [1.807, 2.05) is 18.2 Å². The summed E-state index contributed by atoms with van der Waals surface area (Å²) < 4.78 is 5.27. The van der Waals surface area contributed by atoms with E-state index in [4.69, 9.17) is 4.74 Å². The molecule has 1 aliphatic heterocycles. The summed E-state index contributed by atoms with van der Waals surface area (Å²) in [5.41, 5.74) is 2.18. The van der Waals surface area contributed by atoms with Gasteiger partial charge in [-0.2, -0.15) is 0 Å². The van der Waals surface area contributed by atoms with Crippen molar-refractivity contribution in [3.05, 3.63) is 29.8 Å². The second kappa shape index (κ2) is 5.31. The molecule has 3 rings (SSSR count). The van der Waals surface area contributed by atoms with E-state index in [0.717, 1.165) is 31.4 Å². The standard InChI is InChI=1S/C15H20N2O2/c1-19-12-8-11(9-12)16-14-7-6-10-4-2-3-5-13(10)17-15(14)18/h2-5,11-12,14,16H,6-9H2,1H3,(H,17,18). The van der Waals surface area contributed by atoms with Crippen LogP contribution in [0.15, 0.2) is 24.3 Å². The van der Waals surface area contributed by atoms with Crippen LogP contribution in [0.2, 0.25) is 0 Å². The van der Waals surface area contributed by atoms with E-state index in [1.165, 1.54) is 5.56 Å². The molecule has 1 aliphatic carbocycles. The molecular weight excluding hydrogens is 240 g/mol. The Kier molecular flexibility index (Phi) is 3.53. The van der Waals surface area contributed by atoms with Crippen molar-refractivity contribution in [3.63, 3.8) is 0 Å². The fourth-order valence-corrected chi connectivity index (χ4v) is 2.85. The van der Waals surface area contributed by atoms with Crippen molar-refractivity contribution in [3.8, 4) is 0 Å². The molecule has 0 aromatic heterocycles. The molecule has 4 nitrogen and oxygen atoms in total. The van der Waals surface area contributed by atoms with Crippen molar-refractivity contribution in [2.24, 2.45) is 0 Å². The Hall–Kier alpha value is -1.39. The molecule has 1 aromatic rings. The number of ether oxygens (including phenoxy) is 1. The van der Waals surface area contributed by atoms with E-state index in [1.54, 1.807) is 7.11 Å². The first-order valence-electron chi connectivity index (χ1n) is 6.94. The molecule has 102 valence electrons. The number of anilines is 1. The van der Waals surface area contributed by atoms with Gasteiger partial charge in [0.25, 0.3) is 0 Å². The molecule has 0 spiro atoms. The summed E-state index contributed by atoms with van der Waals surface area (Å²) in [5, 5.41) is 6.47. The van der Waals surface area contributed by atoms with Crippen LogP contribution in [0, 0.1) is 0 Å². The van der Waals surface area contributed by atoms with Crippen molar-refractivity contribution in [1.29, 1.82) is 0 Å². The second-order valence-electron chi connectivity index (χ2n) is 5.43. The van der Waals surface area contributed by atoms with Gasteiger partial charge < -0.3 is 15.4 Å². The number of aryl methyl sites for hydroxylation is 1. The van der Waals surface area contributed by atoms with E-state index in [2.05, 4.69) is 16.7 Å². The van der Waals surface area contributed by atoms with Gasteiger partial charge in [-0.15, -0.1) is 0 Å². The number of nitrogens with one attached hydrogen (secondary N) is 2. The normalized spacial score (nSPS) is 29.9. The van der Waals surface area contributed by atoms with Crippen LogP contribution in [0.4, 0.5) is 5.69 Å². The maximum Gasteiger partial charge on any atom is 0.241 e. The molecule has 1 unspecified atom stereocenters. The Bertz CT molecular complexity index is 469. The molecule has 1 aromatic carbocycles. The van der Waals surface area contributed by atoms with Crippen LogP contribution >= 0.6 is 0 Å². The first-order valence-corrected chi connectivity index (χ1v) is 6.94. The molecule has 0 saturated heterocycles. The van der Waals surface area contributed by atoms with Crippen LogP contribution in [-0.4, -0.2) is 31.2 Å². The van der Waals surface area contributed by atoms with Crippen molar-refractivity contribution in [2.45, 2.75) is 43.9 Å². The van der Waals surface area contributed by atoms with Gasteiger partial charge in [0, 0.05) is 18.8 Å². The van der Waals surface area contributed by atoms with Crippen LogP contribution in [0.5, 0.6) is 0 Å². The largest absolute Gasteiger partial charge is 0.381 e. The third kappa shape index (κ3) is 2.65. The highest BCUT2D eigenvalue weighted by molar-refractivity contribution is 5.96. The number of benzene rings is 1. The van der Waals surface area contributed by atoms with Gasteiger partial charge in [0.2, 0.25) is 5.91 Å². The Morgan fingerprint density at radius 1 is 1.32 bits per heavy atom. The average molecular weight is 260 g/mol. The van der Waals surface area contributed by atoms with Gasteiger partial charge in [0.1, 0.15) is 0 Å². The van der Waals surface area contributed by atoms with Gasteiger partial charge in [0.05, 0.1) is 12.1 Å². The lowest BCUT2D eigenvalue weighted by Gasteiger charge is -2.36. The number of amides is 1. The third-order valence-corrected chi connectivity index (χ3v) is 4.16. The zero-order chi connectivity index (χ0) is 13.2. The molecular formula is C15H20N2O2. The van der Waals surface area contributed by atoms with E-state index in [-0.39, 0.29) is 11.9 Å². The molecule has 19 heavy (non-hydrogen) atoms. The van der Waals surface area contributed by atoms with E-state index in [0.29, 0.717) is 12.1 Å². The number of carbonyl (C=O) groups is 1. The topological polar surface area (TPSA) is 50.4 Å². The highest BCUT2D eigenvalue weighted by Gasteiger charge is 2.33. The summed E-state index contributed by atoms with van der Waals surface area (Å²) in [5.74, 6) is 0.0887. The molecule has 1 atom stereocenters. The van der Waals surface area contributed by atoms with Gasteiger partial charge in [-0.3, -0.25) is 4.79 Å². The maximum absolute atomic E-state index is 12.2. The molecule has 1 heterocycles. The van der Waals surface area contributed by atoms with E-state index in [9.17, 15) is 4.79 Å². The van der Waals surface area contributed by atoms with E-state index < -0.39 is 0 Å². The second-order valence-corrected chi connectivity index (χ2v) is 5.43. The minimum absolute atomic E-state index is 0.0878. The van der Waals surface area contributed by atoms with Crippen LogP contribution < -0.4 is 10.6 Å². The molecule has 0 bridgehead atoms. The van der Waals surface area contributed by atoms with Gasteiger partial charge in [-0.1, -0.05) is 18.2 Å². The summed E-state index contributed by atoms with van der Waals surface area (Å²) in [4.78, 5) is 12.2. The van der Waals surface area contributed by atoms with Crippen molar-refractivity contribution >= 4 is 11.6 Å². The molecule has 4 heteroatoms. The summed E-state index contributed by atoms with van der Waals surface area (Å²) in [6.45, 7) is 0. The Labute approximate surface area is 113 Å². The summed E-state index contributed by atoms with van der Waals surface area (Å²) in [7, 11) is 1.75.